The summed E-state index contributed by atoms with van der Waals surface area (Å²) in [6, 6.07) is 11.9. The van der Waals surface area contributed by atoms with Crippen LogP contribution in [-0.2, 0) is 0 Å². The number of nitrogens with two attached hydrogens (primary N) is 1. The van der Waals surface area contributed by atoms with Gasteiger partial charge in [0.15, 0.2) is 0 Å². The fraction of sp³-hybridized carbons (Fsp3) is 0.133. The predicted molar refractivity (Wildman–Crippen MR) is 84.0 cm³/mol. The molecule has 5 heteroatoms. The number of carbonyl (C=O) groups excluding carboxylic acids is 1. The first kappa shape index (κ1) is 14.4. The van der Waals surface area contributed by atoms with E-state index in [2.05, 4.69) is 15.9 Å². The molecule has 4 nitrogen and oxygen atoms in total. The summed E-state index contributed by atoms with van der Waals surface area (Å²) in [5.74, 6) is -0.310. The number of halogens is 1. The van der Waals surface area contributed by atoms with Crippen molar-refractivity contribution >= 4 is 33.2 Å². The zero-order chi connectivity index (χ0) is 14.7. The van der Waals surface area contributed by atoms with Crippen molar-refractivity contribution < 1.29 is 9.90 Å². The summed E-state index contributed by atoms with van der Waals surface area (Å²) in [7, 11) is 0. The third kappa shape index (κ3) is 2.93. The van der Waals surface area contributed by atoms with Crippen molar-refractivity contribution in [2.75, 3.05) is 17.2 Å². The molecule has 0 unspecified atom stereocenters. The zero-order valence-electron chi connectivity index (χ0n) is 11.0. The molecule has 0 fully saturated rings. The number of benzene rings is 2. The minimum atomic E-state index is -0.261. The van der Waals surface area contributed by atoms with Crippen molar-refractivity contribution in [1.29, 1.82) is 0 Å². The van der Waals surface area contributed by atoms with Crippen LogP contribution in [0.3, 0.4) is 0 Å². The largest absolute Gasteiger partial charge is 0.507 e. The van der Waals surface area contributed by atoms with Gasteiger partial charge in [0.25, 0.3) is 5.91 Å². The number of phenolic OH excluding ortho intramolecular Hbond substituents is 1. The molecule has 1 amide bonds. The van der Waals surface area contributed by atoms with Crippen molar-refractivity contribution in [3.05, 3.63) is 52.5 Å². The topological polar surface area (TPSA) is 66.6 Å². The van der Waals surface area contributed by atoms with E-state index in [-0.39, 0.29) is 17.2 Å². The Labute approximate surface area is 126 Å². The summed E-state index contributed by atoms with van der Waals surface area (Å²) >= 11 is 3.25. The number of carbonyl (C=O) groups is 1. The first-order valence-corrected chi connectivity index (χ1v) is 6.98. The van der Waals surface area contributed by atoms with Gasteiger partial charge < -0.3 is 15.7 Å². The van der Waals surface area contributed by atoms with Gasteiger partial charge in [0.05, 0.1) is 5.56 Å². The highest BCUT2D eigenvalue weighted by Crippen LogP contribution is 2.26. The minimum Gasteiger partial charge on any atom is -0.507 e. The summed E-state index contributed by atoms with van der Waals surface area (Å²) in [4.78, 5) is 14.1. The Hall–Kier alpha value is -2.01. The molecule has 0 atom stereocenters. The number of amides is 1. The first-order valence-electron chi connectivity index (χ1n) is 6.19. The molecule has 0 aliphatic rings. The van der Waals surface area contributed by atoms with Crippen LogP contribution in [-0.4, -0.2) is 17.6 Å². The summed E-state index contributed by atoms with van der Waals surface area (Å²) in [6.45, 7) is 2.36. The molecule has 3 N–H and O–H groups in total. The maximum absolute atomic E-state index is 12.5. The summed E-state index contributed by atoms with van der Waals surface area (Å²) in [5, 5.41) is 9.91. The van der Waals surface area contributed by atoms with Gasteiger partial charge in [0.1, 0.15) is 5.75 Å². The van der Waals surface area contributed by atoms with Gasteiger partial charge in [0, 0.05) is 22.4 Å². The Morgan fingerprint density at radius 3 is 2.65 bits per heavy atom. The lowest BCUT2D eigenvalue weighted by Gasteiger charge is -2.22. The van der Waals surface area contributed by atoms with E-state index in [0.29, 0.717) is 17.9 Å². The van der Waals surface area contributed by atoms with Gasteiger partial charge in [-0.2, -0.15) is 0 Å². The smallest absolute Gasteiger partial charge is 0.262 e. The highest BCUT2D eigenvalue weighted by atomic mass is 79.9. The molecular weight excluding hydrogens is 320 g/mol. The summed E-state index contributed by atoms with van der Waals surface area (Å²) in [6.07, 6.45) is 0. The number of nitrogen functional groups attached to an aromatic ring is 1. The highest BCUT2D eigenvalue weighted by molar-refractivity contribution is 9.10. The number of hydrogen-bond donors (Lipinski definition) is 2. The minimum absolute atomic E-state index is 0.0493. The lowest BCUT2D eigenvalue weighted by molar-refractivity contribution is 0.0986. The number of phenols is 1. The van der Waals surface area contributed by atoms with Crippen LogP contribution in [0, 0.1) is 0 Å². The fourth-order valence-corrected chi connectivity index (χ4v) is 2.32. The van der Waals surface area contributed by atoms with E-state index in [1.165, 1.54) is 6.07 Å². The molecule has 104 valence electrons. The number of rotatable bonds is 3. The van der Waals surface area contributed by atoms with Crippen LogP contribution in [0.5, 0.6) is 5.75 Å². The van der Waals surface area contributed by atoms with E-state index in [0.717, 1.165) is 4.47 Å². The van der Waals surface area contributed by atoms with Crippen molar-refractivity contribution in [3.63, 3.8) is 0 Å². The standard InChI is InChI=1S/C15H15BrN2O2/c1-2-18(12-5-3-4-11(17)9-12)15(20)13-7-6-10(16)8-14(13)19/h3-9,19H,2,17H2,1H3. The molecule has 0 radical (unpaired) electrons. The normalized spacial score (nSPS) is 10.3. The number of hydrogen-bond acceptors (Lipinski definition) is 3. The number of aromatic hydroxyl groups is 1. The fourth-order valence-electron chi connectivity index (χ4n) is 1.97. The average molecular weight is 335 g/mol. The molecule has 0 saturated carbocycles. The van der Waals surface area contributed by atoms with Gasteiger partial charge in [0.2, 0.25) is 0 Å². The van der Waals surface area contributed by atoms with Gasteiger partial charge >= 0.3 is 0 Å². The maximum atomic E-state index is 12.5. The molecule has 20 heavy (non-hydrogen) atoms. The first-order chi connectivity index (χ1) is 9.52. The molecule has 2 aromatic carbocycles. The lowest BCUT2D eigenvalue weighted by atomic mass is 10.1. The van der Waals surface area contributed by atoms with E-state index in [4.69, 9.17) is 5.73 Å². The number of nitrogens with zero attached hydrogens (tertiary/aromatic N) is 1. The third-order valence-corrected chi connectivity index (χ3v) is 3.43. The summed E-state index contributed by atoms with van der Waals surface area (Å²) in [5.41, 5.74) is 7.31. The van der Waals surface area contributed by atoms with Gasteiger partial charge in [-0.15, -0.1) is 0 Å². The second-order valence-electron chi connectivity index (χ2n) is 4.31. The van der Waals surface area contributed by atoms with Crippen LogP contribution >= 0.6 is 15.9 Å². The van der Waals surface area contributed by atoms with E-state index in [1.807, 2.05) is 13.0 Å². The van der Waals surface area contributed by atoms with Crippen molar-refractivity contribution in [3.8, 4) is 5.75 Å². The molecule has 2 rings (SSSR count). The monoisotopic (exact) mass is 334 g/mol. The van der Waals surface area contributed by atoms with Crippen molar-refractivity contribution in [2.24, 2.45) is 0 Å². The van der Waals surface area contributed by atoms with Crippen LogP contribution in [0.2, 0.25) is 0 Å². The van der Waals surface area contributed by atoms with Crippen LogP contribution in [0.4, 0.5) is 11.4 Å². The molecule has 0 aromatic heterocycles. The Morgan fingerprint density at radius 1 is 1.30 bits per heavy atom. The van der Waals surface area contributed by atoms with Crippen molar-refractivity contribution in [1.82, 2.24) is 0 Å². The lowest BCUT2D eigenvalue weighted by Crippen LogP contribution is -2.30. The van der Waals surface area contributed by atoms with Gasteiger partial charge in [-0.05, 0) is 43.3 Å². The molecule has 0 bridgehead atoms. The Kier molecular flexibility index (Phi) is 4.29. The Morgan fingerprint density at radius 2 is 2.05 bits per heavy atom. The molecular formula is C15H15BrN2O2. The molecule has 0 aliphatic heterocycles. The van der Waals surface area contributed by atoms with Gasteiger partial charge in [-0.25, -0.2) is 0 Å². The maximum Gasteiger partial charge on any atom is 0.262 e. The predicted octanol–water partition coefficient (Wildman–Crippen LogP) is 3.40. The van der Waals surface area contributed by atoms with Crippen LogP contribution in [0.15, 0.2) is 46.9 Å². The molecule has 0 aliphatic carbocycles. The van der Waals surface area contributed by atoms with Gasteiger partial charge in [-0.3, -0.25) is 4.79 Å². The Bertz CT molecular complexity index is 644. The highest BCUT2D eigenvalue weighted by Gasteiger charge is 2.19. The second kappa shape index (κ2) is 5.96. The van der Waals surface area contributed by atoms with E-state index < -0.39 is 0 Å². The number of anilines is 2. The van der Waals surface area contributed by atoms with E-state index in [1.54, 1.807) is 35.2 Å². The van der Waals surface area contributed by atoms with E-state index >= 15 is 0 Å². The molecule has 2 aromatic rings. The molecule has 0 heterocycles. The van der Waals surface area contributed by atoms with E-state index in [9.17, 15) is 9.90 Å². The quantitative estimate of drug-likeness (QED) is 0.845. The SMILES string of the molecule is CCN(C(=O)c1ccc(Br)cc1O)c1cccc(N)c1. The van der Waals surface area contributed by atoms with Crippen LogP contribution in [0.1, 0.15) is 17.3 Å². The Balaban J connectivity index is 2.39. The average Bonchev–Trinajstić information content (AvgIpc) is 2.39. The summed E-state index contributed by atoms with van der Waals surface area (Å²) < 4.78 is 0.721. The van der Waals surface area contributed by atoms with Crippen LogP contribution in [0.25, 0.3) is 0 Å². The third-order valence-electron chi connectivity index (χ3n) is 2.93. The van der Waals surface area contributed by atoms with Crippen LogP contribution < -0.4 is 10.6 Å². The zero-order valence-corrected chi connectivity index (χ0v) is 12.6. The van der Waals surface area contributed by atoms with Gasteiger partial charge in [-0.1, -0.05) is 22.0 Å². The van der Waals surface area contributed by atoms with Crippen molar-refractivity contribution in [2.45, 2.75) is 6.92 Å². The molecule has 0 spiro atoms. The molecule has 0 saturated heterocycles. The second-order valence-corrected chi connectivity index (χ2v) is 5.22.